The summed E-state index contributed by atoms with van der Waals surface area (Å²) in [5, 5.41) is 15.9. The first-order valence-corrected chi connectivity index (χ1v) is 8.73. The molecule has 3 rings (SSSR count). The number of rotatable bonds is 5. The second kappa shape index (κ2) is 8.01. The molecule has 132 valence electrons. The molecule has 26 heavy (non-hydrogen) atoms. The van der Waals surface area contributed by atoms with Crippen LogP contribution < -0.4 is 10.2 Å². The van der Waals surface area contributed by atoms with Crippen molar-refractivity contribution >= 4 is 38.8 Å². The molecule has 0 fully saturated rings. The molecule has 0 saturated heterocycles. The number of phenols is 1. The van der Waals surface area contributed by atoms with Crippen LogP contribution in [-0.4, -0.2) is 24.3 Å². The van der Waals surface area contributed by atoms with E-state index in [4.69, 9.17) is 4.74 Å². The van der Waals surface area contributed by atoms with Crippen molar-refractivity contribution in [2.75, 3.05) is 7.11 Å². The van der Waals surface area contributed by atoms with Crippen LogP contribution in [-0.2, 0) is 11.2 Å². The lowest BCUT2D eigenvalue weighted by molar-refractivity contribution is -0.120. The van der Waals surface area contributed by atoms with Gasteiger partial charge in [-0.3, -0.25) is 4.79 Å². The number of nitrogens with zero attached hydrogens (tertiary/aromatic N) is 1. The lowest BCUT2D eigenvalue weighted by Gasteiger charge is -2.07. The van der Waals surface area contributed by atoms with Gasteiger partial charge in [-0.15, -0.1) is 0 Å². The van der Waals surface area contributed by atoms with Crippen molar-refractivity contribution in [1.29, 1.82) is 0 Å². The number of hydrogen-bond donors (Lipinski definition) is 2. The number of hydrogen-bond acceptors (Lipinski definition) is 4. The van der Waals surface area contributed by atoms with Crippen LogP contribution in [0, 0.1) is 0 Å². The third-order valence-corrected chi connectivity index (χ3v) is 4.51. The fraction of sp³-hybridized carbons (Fsp3) is 0.100. The predicted molar refractivity (Wildman–Crippen MR) is 106 cm³/mol. The van der Waals surface area contributed by atoms with Crippen LogP contribution in [0.4, 0.5) is 0 Å². The normalized spacial score (nSPS) is 11.0. The van der Waals surface area contributed by atoms with Gasteiger partial charge in [-0.2, -0.15) is 5.10 Å². The highest BCUT2D eigenvalue weighted by Gasteiger charge is 2.08. The van der Waals surface area contributed by atoms with E-state index in [9.17, 15) is 9.90 Å². The van der Waals surface area contributed by atoms with E-state index >= 15 is 0 Å². The standard InChI is InChI=1S/C20H17BrN2O3/c1-26-18-10-13(9-17(21)20(18)25)12-22-23-19(24)11-15-7-4-6-14-5-2-3-8-16(14)15/h2-10,12,25H,11H2,1H3,(H,23,24)/b22-12+. The highest BCUT2D eigenvalue weighted by atomic mass is 79.9. The number of hydrazone groups is 1. The van der Waals surface area contributed by atoms with E-state index < -0.39 is 0 Å². The summed E-state index contributed by atoms with van der Waals surface area (Å²) in [5.74, 6) is 0.134. The van der Waals surface area contributed by atoms with Gasteiger partial charge in [-0.1, -0.05) is 42.5 Å². The van der Waals surface area contributed by atoms with Gasteiger partial charge in [0.15, 0.2) is 11.5 Å². The fourth-order valence-corrected chi connectivity index (χ4v) is 3.12. The van der Waals surface area contributed by atoms with Crippen LogP contribution in [0.15, 0.2) is 64.2 Å². The van der Waals surface area contributed by atoms with Crippen LogP contribution >= 0.6 is 15.9 Å². The van der Waals surface area contributed by atoms with Gasteiger partial charge in [0.05, 0.1) is 24.2 Å². The summed E-state index contributed by atoms with van der Waals surface area (Å²) in [6.07, 6.45) is 1.73. The van der Waals surface area contributed by atoms with Gasteiger partial charge in [-0.25, -0.2) is 5.43 Å². The highest BCUT2D eigenvalue weighted by molar-refractivity contribution is 9.10. The summed E-state index contributed by atoms with van der Waals surface area (Å²) in [6, 6.07) is 17.1. The third-order valence-electron chi connectivity index (χ3n) is 3.90. The van der Waals surface area contributed by atoms with Crippen molar-refractivity contribution in [3.8, 4) is 11.5 Å². The van der Waals surface area contributed by atoms with Crippen molar-refractivity contribution in [3.63, 3.8) is 0 Å². The number of carbonyl (C=O) groups is 1. The molecule has 5 nitrogen and oxygen atoms in total. The van der Waals surface area contributed by atoms with E-state index in [1.54, 1.807) is 12.1 Å². The lowest BCUT2D eigenvalue weighted by Crippen LogP contribution is -2.19. The largest absolute Gasteiger partial charge is 0.503 e. The van der Waals surface area contributed by atoms with Crippen LogP contribution in [0.25, 0.3) is 10.8 Å². The molecular weight excluding hydrogens is 396 g/mol. The number of ether oxygens (including phenoxy) is 1. The molecule has 0 bridgehead atoms. The number of phenolic OH excluding ortho intramolecular Hbond substituents is 1. The first-order valence-electron chi connectivity index (χ1n) is 7.93. The van der Waals surface area contributed by atoms with Gasteiger partial charge in [0.1, 0.15) is 0 Å². The summed E-state index contributed by atoms with van der Waals surface area (Å²) in [7, 11) is 1.47. The maximum Gasteiger partial charge on any atom is 0.244 e. The smallest absolute Gasteiger partial charge is 0.244 e. The van der Waals surface area contributed by atoms with Crippen LogP contribution in [0.1, 0.15) is 11.1 Å². The second-order valence-electron chi connectivity index (χ2n) is 5.66. The number of amides is 1. The molecule has 6 heteroatoms. The van der Waals surface area contributed by atoms with Crippen molar-refractivity contribution in [2.24, 2.45) is 5.10 Å². The number of methoxy groups -OCH3 is 1. The van der Waals surface area contributed by atoms with Crippen LogP contribution in [0.2, 0.25) is 0 Å². The summed E-state index contributed by atoms with van der Waals surface area (Å²) in [5.41, 5.74) is 4.15. The van der Waals surface area contributed by atoms with E-state index in [-0.39, 0.29) is 18.1 Å². The fourth-order valence-electron chi connectivity index (χ4n) is 2.66. The van der Waals surface area contributed by atoms with Gasteiger partial charge in [0.25, 0.3) is 0 Å². The summed E-state index contributed by atoms with van der Waals surface area (Å²) in [4.78, 5) is 12.2. The van der Waals surface area contributed by atoms with Crippen molar-refractivity contribution in [2.45, 2.75) is 6.42 Å². The topological polar surface area (TPSA) is 70.9 Å². The molecule has 2 N–H and O–H groups in total. The highest BCUT2D eigenvalue weighted by Crippen LogP contribution is 2.34. The minimum atomic E-state index is -0.206. The first kappa shape index (κ1) is 17.9. The number of carbonyl (C=O) groups excluding carboxylic acids is 1. The number of fused-ring (bicyclic) bond motifs is 1. The average Bonchev–Trinajstić information content (AvgIpc) is 2.64. The summed E-state index contributed by atoms with van der Waals surface area (Å²) < 4.78 is 5.57. The minimum absolute atomic E-state index is 0.0182. The first-order chi connectivity index (χ1) is 12.6. The molecule has 0 aromatic heterocycles. The van der Waals surface area contributed by atoms with Gasteiger partial charge in [-0.05, 0) is 50.0 Å². The Bertz CT molecular complexity index is 981. The van der Waals surface area contributed by atoms with Crippen molar-refractivity contribution < 1.29 is 14.6 Å². The molecule has 0 unspecified atom stereocenters. The summed E-state index contributed by atoms with van der Waals surface area (Å²) >= 11 is 3.25. The predicted octanol–water partition coefficient (Wildman–Crippen LogP) is 4.01. The number of aromatic hydroxyl groups is 1. The van der Waals surface area contributed by atoms with Crippen LogP contribution in [0.3, 0.4) is 0 Å². The Kier molecular flexibility index (Phi) is 5.53. The second-order valence-corrected chi connectivity index (χ2v) is 6.52. The Morgan fingerprint density at radius 1 is 1.23 bits per heavy atom. The maximum absolute atomic E-state index is 12.2. The van der Waals surface area contributed by atoms with E-state index in [1.807, 2.05) is 42.5 Å². The molecule has 0 aliphatic rings. The maximum atomic E-state index is 12.2. The average molecular weight is 413 g/mol. The molecule has 0 spiro atoms. The lowest BCUT2D eigenvalue weighted by atomic mass is 10.0. The zero-order valence-corrected chi connectivity index (χ0v) is 15.7. The molecule has 0 radical (unpaired) electrons. The molecule has 0 saturated carbocycles. The van der Waals surface area contributed by atoms with Crippen molar-refractivity contribution in [3.05, 3.63) is 70.2 Å². The van der Waals surface area contributed by atoms with Gasteiger partial charge < -0.3 is 9.84 Å². The number of benzene rings is 3. The van der Waals surface area contributed by atoms with E-state index in [2.05, 4.69) is 26.5 Å². The molecule has 1 amide bonds. The monoisotopic (exact) mass is 412 g/mol. The van der Waals surface area contributed by atoms with Gasteiger partial charge >= 0.3 is 0 Å². The molecule has 3 aromatic rings. The van der Waals surface area contributed by atoms with Crippen molar-refractivity contribution in [1.82, 2.24) is 5.43 Å². The number of halogens is 1. The molecular formula is C20H17BrN2O3. The minimum Gasteiger partial charge on any atom is -0.503 e. The summed E-state index contributed by atoms with van der Waals surface area (Å²) in [6.45, 7) is 0. The Balaban J connectivity index is 1.69. The zero-order valence-electron chi connectivity index (χ0n) is 14.1. The Morgan fingerprint density at radius 3 is 2.81 bits per heavy atom. The van der Waals surface area contributed by atoms with E-state index in [0.717, 1.165) is 16.3 Å². The van der Waals surface area contributed by atoms with Crippen LogP contribution in [0.5, 0.6) is 11.5 Å². The Labute approximate surface area is 159 Å². The SMILES string of the molecule is COc1cc(/C=N/NC(=O)Cc2cccc3ccccc23)cc(Br)c1O. The van der Waals surface area contributed by atoms with Gasteiger partial charge in [0.2, 0.25) is 5.91 Å². The quantitative estimate of drug-likeness (QED) is 0.491. The zero-order chi connectivity index (χ0) is 18.5. The van der Waals surface area contributed by atoms with E-state index in [0.29, 0.717) is 15.8 Å². The molecule has 0 aliphatic carbocycles. The molecule has 3 aromatic carbocycles. The van der Waals surface area contributed by atoms with Gasteiger partial charge in [0, 0.05) is 0 Å². The molecule has 0 aliphatic heterocycles. The number of nitrogens with one attached hydrogen (secondary N) is 1. The Morgan fingerprint density at radius 2 is 2.00 bits per heavy atom. The third kappa shape index (κ3) is 4.03. The van der Waals surface area contributed by atoms with E-state index in [1.165, 1.54) is 13.3 Å². The Hall–Kier alpha value is -2.86. The molecule has 0 atom stereocenters. The molecule has 0 heterocycles.